The normalized spacial score (nSPS) is 11.8. The number of halogens is 2. The Morgan fingerprint density at radius 1 is 1.46 bits per heavy atom. The van der Waals surface area contributed by atoms with E-state index in [0.29, 0.717) is 0 Å². The molecule has 0 spiro atoms. The third kappa shape index (κ3) is 2.15. The summed E-state index contributed by atoms with van der Waals surface area (Å²) in [5.74, 6) is -1.88. The predicted octanol–water partition coefficient (Wildman–Crippen LogP) is 2.29. The number of anilines is 1. The molecule has 1 atom stereocenters. The quantitative estimate of drug-likeness (QED) is 0.761. The molecule has 4 heteroatoms. The molecule has 0 amide bonds. The van der Waals surface area contributed by atoms with Crippen molar-refractivity contribution in [2.45, 2.75) is 13.0 Å². The zero-order valence-electron chi connectivity index (χ0n) is 7.01. The van der Waals surface area contributed by atoms with Crippen molar-refractivity contribution in [2.24, 2.45) is 0 Å². The molecule has 0 saturated heterocycles. The van der Waals surface area contributed by atoms with Gasteiger partial charge in [-0.25, -0.2) is 8.78 Å². The van der Waals surface area contributed by atoms with Gasteiger partial charge in [0.2, 0.25) is 0 Å². The third-order valence-corrected chi connectivity index (χ3v) is 1.52. The molecular formula is C9H8F2N2. The summed E-state index contributed by atoms with van der Waals surface area (Å²) in [5.41, 5.74) is 0.00838. The average molecular weight is 182 g/mol. The van der Waals surface area contributed by atoms with E-state index >= 15 is 0 Å². The van der Waals surface area contributed by atoms with Crippen LogP contribution in [0.1, 0.15) is 6.92 Å². The van der Waals surface area contributed by atoms with E-state index in [1.807, 2.05) is 6.07 Å². The molecule has 1 unspecified atom stereocenters. The van der Waals surface area contributed by atoms with Crippen LogP contribution in [0.15, 0.2) is 18.2 Å². The molecule has 1 rings (SSSR count). The molecule has 0 bridgehead atoms. The highest BCUT2D eigenvalue weighted by Crippen LogP contribution is 2.16. The van der Waals surface area contributed by atoms with Gasteiger partial charge in [-0.15, -0.1) is 0 Å². The molecule has 0 heterocycles. The Morgan fingerprint density at radius 2 is 2.15 bits per heavy atom. The smallest absolute Gasteiger partial charge is 0.181 e. The van der Waals surface area contributed by atoms with Crippen LogP contribution in [0.5, 0.6) is 0 Å². The molecule has 1 aromatic rings. The minimum atomic E-state index is -0.954. The van der Waals surface area contributed by atoms with Gasteiger partial charge in [0.1, 0.15) is 6.04 Å². The minimum Gasteiger partial charge on any atom is -0.368 e. The first-order valence-corrected chi connectivity index (χ1v) is 3.75. The SMILES string of the molecule is CC(C#N)Nc1cccc(F)c1F. The van der Waals surface area contributed by atoms with E-state index in [4.69, 9.17) is 5.26 Å². The van der Waals surface area contributed by atoms with Gasteiger partial charge in [-0.1, -0.05) is 6.07 Å². The second-order valence-electron chi connectivity index (χ2n) is 2.60. The second kappa shape index (κ2) is 3.85. The van der Waals surface area contributed by atoms with E-state index in [1.54, 1.807) is 6.92 Å². The fourth-order valence-electron chi connectivity index (χ4n) is 0.881. The molecule has 68 valence electrons. The number of benzene rings is 1. The highest BCUT2D eigenvalue weighted by atomic mass is 19.2. The molecule has 2 nitrogen and oxygen atoms in total. The van der Waals surface area contributed by atoms with Gasteiger partial charge in [0.15, 0.2) is 11.6 Å². The van der Waals surface area contributed by atoms with Crippen molar-refractivity contribution in [1.29, 1.82) is 5.26 Å². The molecule has 0 saturated carbocycles. The minimum absolute atomic E-state index is 0.00838. The standard InChI is InChI=1S/C9H8F2N2/c1-6(5-12)13-8-4-2-3-7(10)9(8)11/h2-4,6,13H,1H3. The van der Waals surface area contributed by atoms with Crippen LogP contribution in [0.3, 0.4) is 0 Å². The van der Waals surface area contributed by atoms with Crippen molar-refractivity contribution in [3.63, 3.8) is 0 Å². The number of nitriles is 1. The summed E-state index contributed by atoms with van der Waals surface area (Å²) < 4.78 is 25.6. The molecule has 1 aromatic carbocycles. The maximum atomic E-state index is 13.0. The highest BCUT2D eigenvalue weighted by Gasteiger charge is 2.08. The van der Waals surface area contributed by atoms with E-state index in [1.165, 1.54) is 12.1 Å². The van der Waals surface area contributed by atoms with E-state index in [9.17, 15) is 8.78 Å². The van der Waals surface area contributed by atoms with E-state index < -0.39 is 17.7 Å². The van der Waals surface area contributed by atoms with Gasteiger partial charge in [0.05, 0.1) is 11.8 Å². The van der Waals surface area contributed by atoms with Crippen LogP contribution < -0.4 is 5.32 Å². The zero-order chi connectivity index (χ0) is 9.84. The van der Waals surface area contributed by atoms with Crippen LogP contribution in [0, 0.1) is 23.0 Å². The van der Waals surface area contributed by atoms with Crippen molar-refractivity contribution >= 4 is 5.69 Å². The third-order valence-electron chi connectivity index (χ3n) is 1.52. The van der Waals surface area contributed by atoms with Crippen molar-refractivity contribution in [2.75, 3.05) is 5.32 Å². The van der Waals surface area contributed by atoms with Gasteiger partial charge in [-0.2, -0.15) is 5.26 Å². The molecule has 0 aliphatic rings. The monoisotopic (exact) mass is 182 g/mol. The molecule has 0 aromatic heterocycles. The summed E-state index contributed by atoms with van der Waals surface area (Å²) in [6.45, 7) is 1.56. The van der Waals surface area contributed by atoms with Crippen LogP contribution in [-0.2, 0) is 0 Å². The first kappa shape index (κ1) is 9.46. The zero-order valence-corrected chi connectivity index (χ0v) is 7.01. The van der Waals surface area contributed by atoms with Gasteiger partial charge in [0, 0.05) is 0 Å². The van der Waals surface area contributed by atoms with Crippen LogP contribution in [0.2, 0.25) is 0 Å². The fraction of sp³-hybridized carbons (Fsp3) is 0.222. The molecular weight excluding hydrogens is 174 g/mol. The molecule has 0 radical (unpaired) electrons. The lowest BCUT2D eigenvalue weighted by Gasteiger charge is -2.08. The summed E-state index contributed by atoms with van der Waals surface area (Å²) in [6, 6.07) is 5.10. The van der Waals surface area contributed by atoms with E-state index in [0.717, 1.165) is 6.07 Å². The Balaban J connectivity index is 2.90. The molecule has 0 aliphatic carbocycles. The highest BCUT2D eigenvalue weighted by molar-refractivity contribution is 5.46. The van der Waals surface area contributed by atoms with E-state index in [-0.39, 0.29) is 5.69 Å². The Hall–Kier alpha value is -1.63. The van der Waals surface area contributed by atoms with Crippen LogP contribution in [0.4, 0.5) is 14.5 Å². The Morgan fingerprint density at radius 3 is 2.77 bits per heavy atom. The lowest BCUT2D eigenvalue weighted by atomic mass is 10.2. The molecule has 1 N–H and O–H groups in total. The Kier molecular flexibility index (Phi) is 2.80. The molecule has 0 aliphatic heterocycles. The summed E-state index contributed by atoms with van der Waals surface area (Å²) in [7, 11) is 0. The first-order valence-electron chi connectivity index (χ1n) is 3.75. The summed E-state index contributed by atoms with van der Waals surface area (Å²) in [4.78, 5) is 0. The van der Waals surface area contributed by atoms with E-state index in [2.05, 4.69) is 5.32 Å². The average Bonchev–Trinajstić information content (AvgIpc) is 2.13. The number of nitrogens with zero attached hydrogens (tertiary/aromatic N) is 1. The largest absolute Gasteiger partial charge is 0.368 e. The maximum absolute atomic E-state index is 13.0. The lowest BCUT2D eigenvalue weighted by Crippen LogP contribution is -2.13. The topological polar surface area (TPSA) is 35.8 Å². The van der Waals surface area contributed by atoms with Crippen molar-refractivity contribution in [1.82, 2.24) is 0 Å². The van der Waals surface area contributed by atoms with Gasteiger partial charge >= 0.3 is 0 Å². The van der Waals surface area contributed by atoms with Crippen molar-refractivity contribution in [3.05, 3.63) is 29.8 Å². The lowest BCUT2D eigenvalue weighted by molar-refractivity contribution is 0.510. The maximum Gasteiger partial charge on any atom is 0.181 e. The second-order valence-corrected chi connectivity index (χ2v) is 2.60. The number of hydrogen-bond donors (Lipinski definition) is 1. The van der Waals surface area contributed by atoms with Gasteiger partial charge in [-0.3, -0.25) is 0 Å². The number of nitrogens with one attached hydrogen (secondary N) is 1. The number of rotatable bonds is 2. The summed E-state index contributed by atoms with van der Waals surface area (Å²) in [5, 5.41) is 11.0. The Bertz CT molecular complexity index is 344. The summed E-state index contributed by atoms with van der Waals surface area (Å²) in [6.07, 6.45) is 0. The Labute approximate surface area is 74.8 Å². The van der Waals surface area contributed by atoms with Crippen molar-refractivity contribution in [3.8, 4) is 6.07 Å². The van der Waals surface area contributed by atoms with Gasteiger partial charge in [-0.05, 0) is 19.1 Å². The van der Waals surface area contributed by atoms with Gasteiger partial charge < -0.3 is 5.32 Å². The summed E-state index contributed by atoms with van der Waals surface area (Å²) >= 11 is 0. The number of hydrogen-bond acceptors (Lipinski definition) is 2. The fourth-order valence-corrected chi connectivity index (χ4v) is 0.881. The molecule has 0 fully saturated rings. The molecule has 13 heavy (non-hydrogen) atoms. The predicted molar refractivity (Wildman–Crippen MR) is 45.1 cm³/mol. The van der Waals surface area contributed by atoms with Gasteiger partial charge in [0.25, 0.3) is 0 Å². The van der Waals surface area contributed by atoms with Crippen LogP contribution in [-0.4, -0.2) is 6.04 Å². The van der Waals surface area contributed by atoms with Crippen LogP contribution >= 0.6 is 0 Å². The first-order chi connectivity index (χ1) is 6.15. The van der Waals surface area contributed by atoms with Crippen LogP contribution in [0.25, 0.3) is 0 Å². The van der Waals surface area contributed by atoms with Crippen molar-refractivity contribution < 1.29 is 8.78 Å².